The summed E-state index contributed by atoms with van der Waals surface area (Å²) in [5.41, 5.74) is 3.65. The van der Waals surface area contributed by atoms with Gasteiger partial charge in [-0.2, -0.15) is 0 Å². The fourth-order valence-corrected chi connectivity index (χ4v) is 4.12. The Kier molecular flexibility index (Phi) is 5.67. The van der Waals surface area contributed by atoms with E-state index >= 15 is 0 Å². The number of carbonyl (C=O) groups is 1. The van der Waals surface area contributed by atoms with Gasteiger partial charge in [-0.25, -0.2) is 9.47 Å². The van der Waals surface area contributed by atoms with Crippen molar-refractivity contribution in [3.8, 4) is 11.1 Å². The van der Waals surface area contributed by atoms with Crippen LogP contribution in [0.4, 0.5) is 0 Å². The lowest BCUT2D eigenvalue weighted by molar-refractivity contribution is 0.0526. The van der Waals surface area contributed by atoms with Crippen LogP contribution in [0.2, 0.25) is 0 Å². The van der Waals surface area contributed by atoms with Gasteiger partial charge in [0.2, 0.25) is 5.16 Å². The van der Waals surface area contributed by atoms with Crippen molar-refractivity contribution in [3.05, 3.63) is 71.7 Å². The second-order valence-electron chi connectivity index (χ2n) is 6.60. The minimum absolute atomic E-state index is 0.281. The van der Waals surface area contributed by atoms with Crippen LogP contribution in [0.5, 0.6) is 0 Å². The maximum Gasteiger partial charge on any atom is 0.340 e. The Bertz CT molecular complexity index is 1210. The molecule has 4 rings (SSSR count). The Morgan fingerprint density at radius 3 is 2.53 bits per heavy atom. The van der Waals surface area contributed by atoms with E-state index in [2.05, 4.69) is 10.2 Å². The number of aryl methyl sites for hydroxylation is 1. The van der Waals surface area contributed by atoms with Gasteiger partial charge in [0.15, 0.2) is 0 Å². The number of benzene rings is 2. The molecule has 8 heteroatoms. The summed E-state index contributed by atoms with van der Waals surface area (Å²) in [5.74, 6) is 6.60. The number of esters is 1. The van der Waals surface area contributed by atoms with E-state index in [1.54, 1.807) is 13.8 Å². The van der Waals surface area contributed by atoms with Crippen molar-refractivity contribution in [1.82, 2.24) is 19.9 Å². The lowest BCUT2D eigenvalue weighted by atomic mass is 9.94. The highest BCUT2D eigenvalue weighted by atomic mass is 32.2. The van der Waals surface area contributed by atoms with Gasteiger partial charge in [-0.15, -0.1) is 10.2 Å². The number of nitrogen functional groups attached to an aromatic ring is 1. The largest absolute Gasteiger partial charge is 0.462 e. The molecule has 0 radical (unpaired) electrons. The molecule has 0 amide bonds. The number of ether oxygens (including phenoxy) is 1. The average Bonchev–Trinajstić information content (AvgIpc) is 3.09. The summed E-state index contributed by atoms with van der Waals surface area (Å²) in [7, 11) is 0. The van der Waals surface area contributed by atoms with E-state index in [1.807, 2.05) is 54.6 Å². The van der Waals surface area contributed by atoms with E-state index in [-0.39, 0.29) is 6.61 Å². The van der Waals surface area contributed by atoms with Crippen molar-refractivity contribution in [2.45, 2.75) is 24.8 Å². The van der Waals surface area contributed by atoms with Crippen LogP contribution in [-0.2, 0) is 10.5 Å². The molecule has 0 aliphatic carbocycles. The molecule has 4 aromatic rings. The van der Waals surface area contributed by atoms with E-state index in [0.29, 0.717) is 28.0 Å². The number of thioether (sulfide) groups is 1. The fourth-order valence-electron chi connectivity index (χ4n) is 3.28. The molecule has 2 heterocycles. The molecule has 30 heavy (non-hydrogen) atoms. The van der Waals surface area contributed by atoms with Crippen molar-refractivity contribution in [2.24, 2.45) is 0 Å². The van der Waals surface area contributed by atoms with Gasteiger partial charge < -0.3 is 10.6 Å². The normalized spacial score (nSPS) is 11.0. The van der Waals surface area contributed by atoms with Gasteiger partial charge in [0.05, 0.1) is 23.4 Å². The Hall–Kier alpha value is -3.39. The first-order valence-electron chi connectivity index (χ1n) is 9.54. The zero-order valence-electron chi connectivity index (χ0n) is 16.7. The number of nitrogens with zero attached hydrogens (tertiary/aromatic N) is 4. The van der Waals surface area contributed by atoms with Crippen molar-refractivity contribution >= 4 is 28.6 Å². The monoisotopic (exact) mass is 419 g/mol. The van der Waals surface area contributed by atoms with E-state index in [9.17, 15) is 4.79 Å². The Morgan fingerprint density at radius 1 is 1.10 bits per heavy atom. The van der Waals surface area contributed by atoms with Crippen LogP contribution >= 0.6 is 11.8 Å². The quantitative estimate of drug-likeness (QED) is 0.287. The molecule has 0 aliphatic heterocycles. The molecule has 0 bridgehead atoms. The van der Waals surface area contributed by atoms with E-state index in [1.165, 1.54) is 16.4 Å². The molecule has 0 atom stereocenters. The molecule has 0 unspecified atom stereocenters. The average molecular weight is 420 g/mol. The van der Waals surface area contributed by atoms with Gasteiger partial charge >= 0.3 is 5.97 Å². The maximum atomic E-state index is 13.1. The van der Waals surface area contributed by atoms with Crippen molar-refractivity contribution < 1.29 is 9.53 Å². The summed E-state index contributed by atoms with van der Waals surface area (Å²) >= 11 is 1.38. The first-order valence-corrected chi connectivity index (χ1v) is 10.5. The molecule has 0 saturated heterocycles. The van der Waals surface area contributed by atoms with E-state index in [0.717, 1.165) is 22.0 Å². The van der Waals surface area contributed by atoms with Crippen molar-refractivity contribution in [3.63, 3.8) is 0 Å². The maximum absolute atomic E-state index is 13.1. The summed E-state index contributed by atoms with van der Waals surface area (Å²) in [4.78, 5) is 17.9. The second-order valence-corrected chi connectivity index (χ2v) is 7.54. The Morgan fingerprint density at radius 2 is 1.83 bits per heavy atom. The number of carbonyl (C=O) groups excluding carboxylic acids is 1. The highest BCUT2D eigenvalue weighted by molar-refractivity contribution is 7.98. The molecular weight excluding hydrogens is 398 g/mol. The number of pyridine rings is 1. The molecule has 0 aliphatic rings. The van der Waals surface area contributed by atoms with Gasteiger partial charge in [-0.3, -0.25) is 4.98 Å². The minimum Gasteiger partial charge on any atom is -0.462 e. The van der Waals surface area contributed by atoms with Crippen LogP contribution in [0.15, 0.2) is 59.8 Å². The predicted octanol–water partition coefficient (Wildman–Crippen LogP) is 3.98. The molecule has 2 aromatic heterocycles. The topological polar surface area (TPSA) is 95.9 Å². The number of nitrogens with two attached hydrogens (primary N) is 1. The van der Waals surface area contributed by atoms with Gasteiger partial charge in [0.25, 0.3) is 0 Å². The second kappa shape index (κ2) is 8.54. The number of para-hydroxylation sites is 1. The van der Waals surface area contributed by atoms with E-state index in [4.69, 9.17) is 15.6 Å². The molecule has 2 N–H and O–H groups in total. The highest BCUT2D eigenvalue weighted by Crippen LogP contribution is 2.35. The van der Waals surface area contributed by atoms with Crippen LogP contribution in [0.3, 0.4) is 0 Å². The molecular formula is C22H21N5O2S. The summed E-state index contributed by atoms with van der Waals surface area (Å²) in [6.07, 6.45) is 0. The number of rotatable bonds is 6. The number of aromatic nitrogens is 4. The molecule has 152 valence electrons. The molecule has 0 spiro atoms. The lowest BCUT2D eigenvalue weighted by Gasteiger charge is -2.16. The third-order valence-corrected chi connectivity index (χ3v) is 5.64. The standard InChI is InChI=1S/C22H21N5O2S/c1-3-29-21(28)20-18(13-30-22-26-25-14(2)27(22)23)24-17-12-8-7-11-16(17)19(20)15-9-5-4-6-10-15/h4-12H,3,13,23H2,1-2H3. The predicted molar refractivity (Wildman–Crippen MR) is 118 cm³/mol. The van der Waals surface area contributed by atoms with Gasteiger partial charge in [0, 0.05) is 16.7 Å². The van der Waals surface area contributed by atoms with Crippen molar-refractivity contribution in [1.29, 1.82) is 0 Å². The highest BCUT2D eigenvalue weighted by Gasteiger charge is 2.24. The van der Waals surface area contributed by atoms with Crippen LogP contribution in [0.1, 0.15) is 28.8 Å². The van der Waals surface area contributed by atoms with Gasteiger partial charge in [0.1, 0.15) is 5.82 Å². The molecule has 2 aromatic carbocycles. The first kappa shape index (κ1) is 19.9. The molecule has 7 nitrogen and oxygen atoms in total. The molecule has 0 fully saturated rings. The van der Waals surface area contributed by atoms with Crippen LogP contribution < -0.4 is 5.84 Å². The summed E-state index contributed by atoms with van der Waals surface area (Å²) in [6.45, 7) is 3.86. The third-order valence-electron chi connectivity index (χ3n) is 4.68. The smallest absolute Gasteiger partial charge is 0.340 e. The SMILES string of the molecule is CCOC(=O)c1c(CSc2nnc(C)n2N)nc2ccccc2c1-c1ccccc1. The summed E-state index contributed by atoms with van der Waals surface area (Å²) < 4.78 is 6.84. The lowest BCUT2D eigenvalue weighted by Crippen LogP contribution is -2.13. The van der Waals surface area contributed by atoms with Crippen LogP contribution in [0.25, 0.3) is 22.0 Å². The van der Waals surface area contributed by atoms with Gasteiger partial charge in [-0.05, 0) is 25.5 Å². The minimum atomic E-state index is -0.393. The number of hydrogen-bond acceptors (Lipinski definition) is 7. The number of hydrogen-bond donors (Lipinski definition) is 1. The first-order chi connectivity index (χ1) is 14.6. The van der Waals surface area contributed by atoms with E-state index < -0.39 is 5.97 Å². The Labute approximate surface area is 178 Å². The third kappa shape index (κ3) is 3.73. The fraction of sp³-hybridized carbons (Fsp3) is 0.182. The number of fused-ring (bicyclic) bond motifs is 1. The molecule has 0 saturated carbocycles. The van der Waals surface area contributed by atoms with Crippen molar-refractivity contribution in [2.75, 3.05) is 12.4 Å². The Balaban J connectivity index is 1.91. The summed E-state index contributed by atoms with van der Waals surface area (Å²) in [5, 5.41) is 9.53. The zero-order chi connectivity index (χ0) is 21.1. The van der Waals surface area contributed by atoms with Gasteiger partial charge in [-0.1, -0.05) is 60.3 Å². The van der Waals surface area contributed by atoms with Crippen LogP contribution in [-0.4, -0.2) is 32.4 Å². The van der Waals surface area contributed by atoms with Crippen LogP contribution in [0, 0.1) is 6.92 Å². The summed E-state index contributed by atoms with van der Waals surface area (Å²) in [6, 6.07) is 17.6. The zero-order valence-corrected chi connectivity index (χ0v) is 17.5.